The molecule has 1 aliphatic rings. The smallest absolute Gasteiger partial charge is 0.262 e. The predicted molar refractivity (Wildman–Crippen MR) is 93.2 cm³/mol. The van der Waals surface area contributed by atoms with Crippen LogP contribution in [0.3, 0.4) is 0 Å². The van der Waals surface area contributed by atoms with Gasteiger partial charge in [0.05, 0.1) is 18.0 Å². The van der Waals surface area contributed by atoms with E-state index in [1.165, 1.54) is 11.8 Å². The number of ketones is 1. The van der Waals surface area contributed by atoms with Gasteiger partial charge in [-0.1, -0.05) is 0 Å². The number of rotatable bonds is 5. The van der Waals surface area contributed by atoms with E-state index in [-0.39, 0.29) is 23.5 Å². The van der Waals surface area contributed by atoms with Crippen LogP contribution in [0.25, 0.3) is 0 Å². The van der Waals surface area contributed by atoms with Crippen molar-refractivity contribution in [3.05, 3.63) is 48.0 Å². The lowest BCUT2D eigenvalue weighted by molar-refractivity contribution is -0.118. The minimum Gasteiger partial charge on any atom is -0.497 e. The first kappa shape index (κ1) is 16.4. The largest absolute Gasteiger partial charge is 0.497 e. The number of carbonyl (C=O) groups is 2. The molecule has 0 aliphatic carbocycles. The van der Waals surface area contributed by atoms with Gasteiger partial charge in [-0.05, 0) is 49.4 Å². The number of methoxy groups -OCH3 is 1. The number of carbonyl (C=O) groups excluding carboxylic acids is 2. The molecule has 0 radical (unpaired) electrons. The highest BCUT2D eigenvalue weighted by Gasteiger charge is 2.21. The van der Waals surface area contributed by atoms with Crippen LogP contribution in [0, 0.1) is 0 Å². The molecule has 0 fully saturated rings. The maximum Gasteiger partial charge on any atom is 0.262 e. The number of Topliss-reactive ketones (excluding diaryl/α,β-unsaturated/α-hetero) is 1. The average molecular weight is 343 g/mol. The van der Waals surface area contributed by atoms with Crippen molar-refractivity contribution >= 4 is 29.1 Å². The number of benzene rings is 2. The van der Waals surface area contributed by atoms with Gasteiger partial charge in [0.25, 0.3) is 5.91 Å². The molecule has 3 rings (SSSR count). The van der Waals surface area contributed by atoms with E-state index in [1.807, 2.05) is 31.2 Å². The Hall–Kier alpha value is -2.47. The van der Waals surface area contributed by atoms with E-state index in [0.717, 1.165) is 10.6 Å². The number of thioether (sulfide) groups is 1. The van der Waals surface area contributed by atoms with E-state index >= 15 is 0 Å². The Morgan fingerprint density at radius 2 is 2.00 bits per heavy atom. The Kier molecular flexibility index (Phi) is 4.76. The number of fused-ring (bicyclic) bond motifs is 1. The van der Waals surface area contributed by atoms with Gasteiger partial charge in [-0.25, -0.2) is 0 Å². The minimum atomic E-state index is -0.253. The Morgan fingerprint density at radius 3 is 2.71 bits per heavy atom. The lowest BCUT2D eigenvalue weighted by Crippen LogP contribution is -2.25. The molecule has 1 N–H and O–H groups in total. The van der Waals surface area contributed by atoms with Gasteiger partial charge in [0.2, 0.25) is 0 Å². The van der Waals surface area contributed by atoms with Crippen molar-refractivity contribution in [2.45, 2.75) is 17.1 Å². The Balaban J connectivity index is 1.73. The van der Waals surface area contributed by atoms with Crippen LogP contribution in [-0.4, -0.2) is 30.7 Å². The summed E-state index contributed by atoms with van der Waals surface area (Å²) < 4.78 is 10.4. The molecule has 0 bridgehead atoms. The third-order valence-corrected chi connectivity index (χ3v) is 4.75. The molecule has 24 heavy (non-hydrogen) atoms. The Labute approximate surface area is 144 Å². The van der Waals surface area contributed by atoms with E-state index < -0.39 is 0 Å². The zero-order chi connectivity index (χ0) is 17.1. The number of hydrogen-bond acceptors (Lipinski definition) is 5. The van der Waals surface area contributed by atoms with Crippen molar-refractivity contribution < 1.29 is 19.1 Å². The molecule has 124 valence electrons. The van der Waals surface area contributed by atoms with Crippen molar-refractivity contribution in [2.24, 2.45) is 0 Å². The van der Waals surface area contributed by atoms with Crippen molar-refractivity contribution in [3.63, 3.8) is 0 Å². The van der Waals surface area contributed by atoms with Crippen LogP contribution in [0.1, 0.15) is 17.3 Å². The first-order valence-corrected chi connectivity index (χ1v) is 8.36. The fraction of sp³-hybridized carbons (Fsp3) is 0.222. The molecule has 1 atom stereocenters. The van der Waals surface area contributed by atoms with E-state index in [2.05, 4.69) is 5.32 Å². The number of anilines is 1. The number of nitrogens with one attached hydrogen (secondary N) is 1. The third-order valence-electron chi connectivity index (χ3n) is 3.64. The molecule has 0 saturated heterocycles. The quantitative estimate of drug-likeness (QED) is 0.666. The molecule has 1 aliphatic heterocycles. The molecule has 5 nitrogen and oxygen atoms in total. The van der Waals surface area contributed by atoms with Crippen LogP contribution in [-0.2, 0) is 4.79 Å². The van der Waals surface area contributed by atoms with E-state index in [0.29, 0.717) is 17.0 Å². The Bertz CT molecular complexity index is 773. The first-order chi connectivity index (χ1) is 11.6. The molecule has 1 heterocycles. The summed E-state index contributed by atoms with van der Waals surface area (Å²) in [6.07, 6.45) is 0. The standard InChI is InChI=1S/C18H17NO4S/c1-11(24-14-6-4-13(22-2)5-7-14)18(21)12-3-8-16-15(9-12)19-17(20)10-23-16/h3-9,11H,10H2,1-2H3,(H,19,20)/t11-/m1/s1. The summed E-state index contributed by atoms with van der Waals surface area (Å²) in [5, 5.41) is 2.47. The van der Waals surface area contributed by atoms with E-state index in [9.17, 15) is 9.59 Å². The van der Waals surface area contributed by atoms with Crippen molar-refractivity contribution in [1.82, 2.24) is 0 Å². The van der Waals surface area contributed by atoms with Gasteiger partial charge >= 0.3 is 0 Å². The molecule has 0 saturated carbocycles. The van der Waals surface area contributed by atoms with E-state index in [1.54, 1.807) is 25.3 Å². The predicted octanol–water partition coefficient (Wildman–Crippen LogP) is 3.39. The fourth-order valence-corrected chi connectivity index (χ4v) is 3.33. The summed E-state index contributed by atoms with van der Waals surface area (Å²) in [5.74, 6) is 1.15. The molecule has 1 amide bonds. The highest BCUT2D eigenvalue weighted by Crippen LogP contribution is 2.31. The molecule has 2 aromatic rings. The van der Waals surface area contributed by atoms with Crippen LogP contribution in [0.2, 0.25) is 0 Å². The second kappa shape index (κ2) is 6.97. The van der Waals surface area contributed by atoms with Crippen LogP contribution in [0.15, 0.2) is 47.4 Å². The maximum atomic E-state index is 12.6. The summed E-state index contributed by atoms with van der Waals surface area (Å²) in [5.41, 5.74) is 1.09. The van der Waals surface area contributed by atoms with Gasteiger partial charge in [0, 0.05) is 10.5 Å². The van der Waals surface area contributed by atoms with Gasteiger partial charge in [-0.2, -0.15) is 0 Å². The van der Waals surface area contributed by atoms with Crippen LogP contribution >= 0.6 is 11.8 Å². The van der Waals surface area contributed by atoms with Crippen LogP contribution < -0.4 is 14.8 Å². The highest BCUT2D eigenvalue weighted by atomic mass is 32.2. The number of hydrogen-bond donors (Lipinski definition) is 1. The molecule has 0 aromatic heterocycles. The molecule has 2 aromatic carbocycles. The van der Waals surface area contributed by atoms with Crippen molar-refractivity contribution in [2.75, 3.05) is 19.0 Å². The summed E-state index contributed by atoms with van der Waals surface area (Å²) in [6.45, 7) is 1.87. The zero-order valence-electron chi connectivity index (χ0n) is 13.4. The van der Waals surface area contributed by atoms with E-state index in [4.69, 9.17) is 9.47 Å². The second-order valence-corrected chi connectivity index (χ2v) is 6.76. The normalized spacial score (nSPS) is 14.2. The van der Waals surface area contributed by atoms with Gasteiger partial charge in [0.1, 0.15) is 11.5 Å². The van der Waals surface area contributed by atoms with Gasteiger partial charge in [-0.15, -0.1) is 11.8 Å². The average Bonchev–Trinajstić information content (AvgIpc) is 2.61. The molecule has 0 unspecified atom stereocenters. The maximum absolute atomic E-state index is 12.6. The fourth-order valence-electron chi connectivity index (χ4n) is 2.38. The summed E-state index contributed by atoms with van der Waals surface area (Å²) in [7, 11) is 1.62. The summed E-state index contributed by atoms with van der Waals surface area (Å²) in [4.78, 5) is 25.0. The first-order valence-electron chi connectivity index (χ1n) is 7.48. The molecular formula is C18H17NO4S. The van der Waals surface area contributed by atoms with Crippen molar-refractivity contribution in [1.29, 1.82) is 0 Å². The van der Waals surface area contributed by atoms with Crippen molar-refractivity contribution in [3.8, 4) is 11.5 Å². The topological polar surface area (TPSA) is 64.6 Å². The van der Waals surface area contributed by atoms with Crippen LogP contribution in [0.4, 0.5) is 5.69 Å². The van der Waals surface area contributed by atoms with Gasteiger partial charge < -0.3 is 14.8 Å². The van der Waals surface area contributed by atoms with Gasteiger partial charge in [-0.3, -0.25) is 9.59 Å². The van der Waals surface area contributed by atoms with Crippen LogP contribution in [0.5, 0.6) is 11.5 Å². The summed E-state index contributed by atoms with van der Waals surface area (Å²) in [6, 6.07) is 12.7. The highest BCUT2D eigenvalue weighted by molar-refractivity contribution is 8.00. The molecule has 6 heteroatoms. The molecule has 0 spiro atoms. The second-order valence-electron chi connectivity index (χ2n) is 5.35. The lowest BCUT2D eigenvalue weighted by atomic mass is 10.1. The zero-order valence-corrected chi connectivity index (χ0v) is 14.2. The number of amides is 1. The third kappa shape index (κ3) is 3.54. The summed E-state index contributed by atoms with van der Waals surface area (Å²) >= 11 is 1.48. The van der Waals surface area contributed by atoms with Gasteiger partial charge in [0.15, 0.2) is 12.4 Å². The lowest BCUT2D eigenvalue weighted by Gasteiger charge is -2.19. The monoisotopic (exact) mass is 343 g/mol. The number of ether oxygens (including phenoxy) is 2. The minimum absolute atomic E-state index is 0.00144. The Morgan fingerprint density at radius 1 is 1.25 bits per heavy atom. The molecular weight excluding hydrogens is 326 g/mol. The SMILES string of the molecule is COc1ccc(S[C@H](C)C(=O)c2ccc3c(c2)NC(=O)CO3)cc1.